The van der Waals surface area contributed by atoms with Crippen LogP contribution >= 0.6 is 11.6 Å². The lowest BCUT2D eigenvalue weighted by molar-refractivity contribution is 0.116. The molecule has 0 bridgehead atoms. The predicted molar refractivity (Wildman–Crippen MR) is 63.3 cm³/mol. The van der Waals surface area contributed by atoms with E-state index >= 15 is 0 Å². The molecule has 1 saturated carbocycles. The Bertz CT molecular complexity index is 372. The Hall–Kier alpha value is -0.800. The molecule has 88 valence electrons. The molecule has 4 heteroatoms. The Labute approximate surface area is 99.4 Å². The van der Waals surface area contributed by atoms with Crippen molar-refractivity contribution in [1.29, 1.82) is 0 Å². The Balaban J connectivity index is 2.05. The highest BCUT2D eigenvalue weighted by Crippen LogP contribution is 2.24. The van der Waals surface area contributed by atoms with E-state index in [0.29, 0.717) is 0 Å². The average Bonchev–Trinajstić information content (AvgIpc) is 2.27. The Morgan fingerprint density at radius 1 is 1.31 bits per heavy atom. The van der Waals surface area contributed by atoms with E-state index in [2.05, 4.69) is 5.32 Å². The van der Waals surface area contributed by atoms with Crippen LogP contribution in [0.25, 0.3) is 0 Å². The molecule has 0 heterocycles. The van der Waals surface area contributed by atoms with Gasteiger partial charge in [0.05, 0.1) is 17.2 Å². The molecule has 0 unspecified atom stereocenters. The number of halogens is 2. The molecule has 0 spiro atoms. The van der Waals surface area contributed by atoms with Gasteiger partial charge in [-0.15, -0.1) is 0 Å². The van der Waals surface area contributed by atoms with Gasteiger partial charge < -0.3 is 10.4 Å². The van der Waals surface area contributed by atoms with Gasteiger partial charge in [0.25, 0.3) is 0 Å². The molecule has 2 nitrogen and oxygen atoms in total. The molecule has 1 aliphatic carbocycles. The second kappa shape index (κ2) is 5.02. The molecule has 0 saturated heterocycles. The molecule has 1 aliphatic rings. The summed E-state index contributed by atoms with van der Waals surface area (Å²) in [6.45, 7) is 0. The lowest BCUT2D eigenvalue weighted by atomic mass is 9.92. The highest BCUT2D eigenvalue weighted by molar-refractivity contribution is 6.31. The van der Waals surface area contributed by atoms with E-state index in [4.69, 9.17) is 11.6 Å². The van der Waals surface area contributed by atoms with Crippen LogP contribution in [0.2, 0.25) is 5.02 Å². The maximum absolute atomic E-state index is 12.9. The smallest absolute Gasteiger partial charge is 0.141 e. The third-order valence-corrected chi connectivity index (χ3v) is 3.29. The maximum Gasteiger partial charge on any atom is 0.141 e. The largest absolute Gasteiger partial charge is 0.391 e. The highest BCUT2D eigenvalue weighted by Gasteiger charge is 2.22. The maximum atomic E-state index is 12.9. The van der Waals surface area contributed by atoms with Gasteiger partial charge in [-0.2, -0.15) is 0 Å². The predicted octanol–water partition coefficient (Wildman–Crippen LogP) is 3.19. The van der Waals surface area contributed by atoms with Crippen LogP contribution in [-0.4, -0.2) is 17.3 Å². The van der Waals surface area contributed by atoms with E-state index in [1.165, 1.54) is 6.07 Å². The molecule has 1 aromatic carbocycles. The summed E-state index contributed by atoms with van der Waals surface area (Å²) in [7, 11) is 0. The summed E-state index contributed by atoms with van der Waals surface area (Å²) in [4.78, 5) is 0. The zero-order valence-electron chi connectivity index (χ0n) is 8.92. The summed E-state index contributed by atoms with van der Waals surface area (Å²) in [5.74, 6) is -0.420. The first kappa shape index (κ1) is 11.7. The Kier molecular flexibility index (Phi) is 3.66. The molecule has 0 radical (unpaired) electrons. The monoisotopic (exact) mass is 243 g/mol. The van der Waals surface area contributed by atoms with Gasteiger partial charge in [-0.25, -0.2) is 4.39 Å². The van der Waals surface area contributed by atoms with Gasteiger partial charge in [-0.3, -0.25) is 0 Å². The summed E-state index contributed by atoms with van der Waals surface area (Å²) in [5.41, 5.74) is 0.761. The Morgan fingerprint density at radius 2 is 2.06 bits per heavy atom. The van der Waals surface area contributed by atoms with Crippen LogP contribution in [0.5, 0.6) is 0 Å². The van der Waals surface area contributed by atoms with Crippen LogP contribution in [0.4, 0.5) is 10.1 Å². The number of aliphatic hydroxyl groups is 1. The number of rotatable bonds is 2. The molecule has 0 aromatic heterocycles. The molecule has 1 fully saturated rings. The minimum atomic E-state index is -0.420. The zero-order chi connectivity index (χ0) is 11.5. The number of nitrogens with one attached hydrogen (secondary N) is 1. The van der Waals surface area contributed by atoms with Crippen molar-refractivity contribution in [3.8, 4) is 0 Å². The molecule has 2 rings (SSSR count). The van der Waals surface area contributed by atoms with Crippen LogP contribution in [0.3, 0.4) is 0 Å². The highest BCUT2D eigenvalue weighted by atomic mass is 35.5. The number of anilines is 1. The first-order chi connectivity index (χ1) is 7.66. The van der Waals surface area contributed by atoms with Gasteiger partial charge in [0.1, 0.15) is 5.82 Å². The van der Waals surface area contributed by atoms with E-state index < -0.39 is 5.82 Å². The minimum absolute atomic E-state index is 0.0512. The van der Waals surface area contributed by atoms with Crippen LogP contribution in [0.15, 0.2) is 18.2 Å². The first-order valence-corrected chi connectivity index (χ1v) is 5.94. The number of hydrogen-bond donors (Lipinski definition) is 2. The Morgan fingerprint density at radius 3 is 2.75 bits per heavy atom. The van der Waals surface area contributed by atoms with Gasteiger partial charge in [-0.05, 0) is 31.0 Å². The number of benzene rings is 1. The second-order valence-corrected chi connectivity index (χ2v) is 4.64. The summed E-state index contributed by atoms with van der Waals surface area (Å²) in [5, 5.41) is 13.1. The van der Waals surface area contributed by atoms with Crippen molar-refractivity contribution < 1.29 is 9.50 Å². The standard InChI is InChI=1S/C12H15ClFNO/c13-9-7-8(5-6-10(9)14)15-11-3-1-2-4-12(11)16/h5-7,11-12,15-16H,1-4H2/t11-,12-/m1/s1. The van der Waals surface area contributed by atoms with E-state index in [1.54, 1.807) is 12.1 Å². The third kappa shape index (κ3) is 2.66. The molecule has 0 amide bonds. The van der Waals surface area contributed by atoms with Gasteiger partial charge >= 0.3 is 0 Å². The van der Waals surface area contributed by atoms with Crippen molar-refractivity contribution in [3.05, 3.63) is 29.0 Å². The fraction of sp³-hybridized carbons (Fsp3) is 0.500. The van der Waals surface area contributed by atoms with E-state index in [1.807, 2.05) is 0 Å². The number of aliphatic hydroxyl groups excluding tert-OH is 1. The SMILES string of the molecule is O[C@@H]1CCCC[C@H]1Nc1ccc(F)c(Cl)c1. The molecule has 2 atom stereocenters. The minimum Gasteiger partial charge on any atom is -0.391 e. The van der Waals surface area contributed by atoms with Gasteiger partial charge in [0.2, 0.25) is 0 Å². The summed E-state index contributed by atoms with van der Waals surface area (Å²) in [6, 6.07) is 4.58. The first-order valence-electron chi connectivity index (χ1n) is 5.56. The fourth-order valence-electron chi connectivity index (χ4n) is 2.08. The van der Waals surface area contributed by atoms with Crippen molar-refractivity contribution in [2.75, 3.05) is 5.32 Å². The molecule has 16 heavy (non-hydrogen) atoms. The summed E-state index contributed by atoms with van der Waals surface area (Å²) < 4.78 is 12.9. The van der Waals surface area contributed by atoms with Crippen LogP contribution in [0, 0.1) is 5.82 Å². The molecular formula is C12H15ClFNO. The quantitative estimate of drug-likeness (QED) is 0.836. The van der Waals surface area contributed by atoms with Crippen molar-refractivity contribution in [1.82, 2.24) is 0 Å². The van der Waals surface area contributed by atoms with Crippen LogP contribution < -0.4 is 5.32 Å². The van der Waals surface area contributed by atoms with E-state index in [9.17, 15) is 9.50 Å². The third-order valence-electron chi connectivity index (χ3n) is 3.00. The zero-order valence-corrected chi connectivity index (χ0v) is 9.67. The van der Waals surface area contributed by atoms with Gasteiger partial charge in [-0.1, -0.05) is 24.4 Å². The van der Waals surface area contributed by atoms with Crippen molar-refractivity contribution >= 4 is 17.3 Å². The van der Waals surface area contributed by atoms with Crippen LogP contribution in [-0.2, 0) is 0 Å². The van der Waals surface area contributed by atoms with Crippen molar-refractivity contribution in [2.45, 2.75) is 37.8 Å². The topological polar surface area (TPSA) is 32.3 Å². The van der Waals surface area contributed by atoms with Crippen LogP contribution in [0.1, 0.15) is 25.7 Å². The van der Waals surface area contributed by atoms with Crippen molar-refractivity contribution in [3.63, 3.8) is 0 Å². The van der Waals surface area contributed by atoms with E-state index in [-0.39, 0.29) is 17.2 Å². The lowest BCUT2D eigenvalue weighted by Gasteiger charge is -2.29. The summed E-state index contributed by atoms with van der Waals surface area (Å²) >= 11 is 5.69. The van der Waals surface area contributed by atoms with E-state index in [0.717, 1.165) is 31.4 Å². The second-order valence-electron chi connectivity index (χ2n) is 4.23. The molecular weight excluding hydrogens is 229 g/mol. The molecule has 1 aromatic rings. The normalized spacial score (nSPS) is 25.4. The number of hydrogen-bond acceptors (Lipinski definition) is 2. The molecule has 2 N–H and O–H groups in total. The fourth-order valence-corrected chi connectivity index (χ4v) is 2.26. The molecule has 0 aliphatic heterocycles. The summed E-state index contributed by atoms with van der Waals surface area (Å²) in [6.07, 6.45) is 3.63. The van der Waals surface area contributed by atoms with Crippen molar-refractivity contribution in [2.24, 2.45) is 0 Å². The lowest BCUT2D eigenvalue weighted by Crippen LogP contribution is -2.36. The van der Waals surface area contributed by atoms with Gasteiger partial charge in [0.15, 0.2) is 0 Å². The average molecular weight is 244 g/mol. The van der Waals surface area contributed by atoms with Gasteiger partial charge in [0, 0.05) is 5.69 Å².